The van der Waals surface area contributed by atoms with Crippen LogP contribution < -0.4 is 0 Å². The molecule has 0 bridgehead atoms. The summed E-state index contributed by atoms with van der Waals surface area (Å²) in [5, 5.41) is 4.87. The maximum Gasteiger partial charge on any atom is 0.106 e. The molecule has 9 aromatic carbocycles. The molecule has 0 N–H and O–H groups in total. The van der Waals surface area contributed by atoms with Crippen LogP contribution in [0.15, 0.2) is 217 Å². The summed E-state index contributed by atoms with van der Waals surface area (Å²) in [4.78, 5) is 4.68. The first-order chi connectivity index (χ1) is 32.3. The van der Waals surface area contributed by atoms with Crippen LogP contribution in [-0.2, 0) is 5.41 Å². The second-order valence-corrected chi connectivity index (χ2v) is 17.7. The van der Waals surface area contributed by atoms with E-state index in [1.165, 1.54) is 106 Å². The van der Waals surface area contributed by atoms with E-state index in [1.807, 2.05) is 44.3 Å². The minimum Gasteiger partial charge on any atom is -0.249 e. The van der Waals surface area contributed by atoms with E-state index in [4.69, 9.17) is 0 Å². The van der Waals surface area contributed by atoms with Gasteiger partial charge in [-0.05, 0) is 149 Å². The van der Waals surface area contributed by atoms with E-state index in [0.29, 0.717) is 0 Å². The third kappa shape index (κ3) is 8.55. The first kappa shape index (κ1) is 45.7. The molecule has 1 heterocycles. The minimum absolute atomic E-state index is 0.498. The molecule has 0 spiro atoms. The van der Waals surface area contributed by atoms with Crippen molar-refractivity contribution in [1.29, 1.82) is 0 Å². The van der Waals surface area contributed by atoms with E-state index < -0.39 is 5.41 Å². The molecule has 0 atom stereocenters. The predicted octanol–water partition coefficient (Wildman–Crippen LogP) is 18.6. The fourth-order valence-electron chi connectivity index (χ4n) is 9.82. The van der Waals surface area contributed by atoms with Gasteiger partial charge < -0.3 is 0 Å². The number of fused-ring (bicyclic) bond motifs is 5. The highest BCUT2D eigenvalue weighted by Gasteiger charge is 2.47. The summed E-state index contributed by atoms with van der Waals surface area (Å²) < 4.78 is 0.827. The average Bonchev–Trinajstić information content (AvgIpc) is 3.65. The zero-order valence-corrected chi connectivity index (χ0v) is 40.8. The molecular weight excluding hydrogens is 863 g/mol. The number of aryl methyl sites for hydroxylation is 3. The lowest BCUT2D eigenvalue weighted by atomic mass is 9.65. The molecular formula is C64H58BrN. The zero-order valence-electron chi connectivity index (χ0n) is 39.2. The summed E-state index contributed by atoms with van der Waals surface area (Å²) in [5.41, 5.74) is 18.4. The molecule has 0 fully saturated rings. The highest BCUT2D eigenvalue weighted by molar-refractivity contribution is 9.10. The Morgan fingerprint density at radius 2 is 0.864 bits per heavy atom. The molecule has 2 heteroatoms. The van der Waals surface area contributed by atoms with Crippen molar-refractivity contribution >= 4 is 37.5 Å². The topological polar surface area (TPSA) is 12.9 Å². The minimum atomic E-state index is -0.498. The van der Waals surface area contributed by atoms with Gasteiger partial charge in [-0.3, -0.25) is 0 Å². The van der Waals surface area contributed by atoms with Gasteiger partial charge in [0.15, 0.2) is 0 Å². The van der Waals surface area contributed by atoms with Crippen molar-refractivity contribution in [3.8, 4) is 44.5 Å². The SMILES string of the molecule is CC.CCC.Cc1ccccc1.Cc1ccccc1C1(c2ccccc2C)c2ccccc2-c2ccc(-c3c4ccccc4c(-c4ccc(Br)nc4)c4ccc(-c5ccccc5)cc34)cc21. The van der Waals surface area contributed by atoms with E-state index in [-0.39, 0.29) is 0 Å². The Hall–Kier alpha value is -6.87. The number of halogens is 1. The Kier molecular flexibility index (Phi) is 14.2. The van der Waals surface area contributed by atoms with Crippen molar-refractivity contribution in [1.82, 2.24) is 4.98 Å². The lowest BCUT2D eigenvalue weighted by Crippen LogP contribution is -2.30. The van der Waals surface area contributed by atoms with Crippen molar-refractivity contribution < 1.29 is 0 Å². The van der Waals surface area contributed by atoms with Crippen LogP contribution >= 0.6 is 15.9 Å². The van der Waals surface area contributed by atoms with Gasteiger partial charge in [0.05, 0.1) is 5.41 Å². The summed E-state index contributed by atoms with van der Waals surface area (Å²) in [6, 6.07) is 75.4. The lowest BCUT2D eigenvalue weighted by molar-refractivity contribution is 0.754. The van der Waals surface area contributed by atoms with E-state index in [1.54, 1.807) is 0 Å². The third-order valence-electron chi connectivity index (χ3n) is 12.5. The number of rotatable bonds is 5. The molecule has 0 saturated carbocycles. The molecule has 0 saturated heterocycles. The van der Waals surface area contributed by atoms with Gasteiger partial charge in [0, 0.05) is 11.8 Å². The Morgan fingerprint density at radius 3 is 1.42 bits per heavy atom. The second-order valence-electron chi connectivity index (χ2n) is 16.8. The van der Waals surface area contributed by atoms with Crippen LogP contribution in [0.4, 0.5) is 0 Å². The molecule has 11 rings (SSSR count). The second kappa shape index (κ2) is 20.5. The van der Waals surface area contributed by atoms with Crippen molar-refractivity contribution in [2.24, 2.45) is 0 Å². The molecule has 0 amide bonds. The molecule has 0 radical (unpaired) electrons. The van der Waals surface area contributed by atoms with Gasteiger partial charge in [-0.25, -0.2) is 4.98 Å². The summed E-state index contributed by atoms with van der Waals surface area (Å²) in [6.07, 6.45) is 3.24. The number of pyridine rings is 1. The van der Waals surface area contributed by atoms with Crippen LogP contribution in [-0.4, -0.2) is 4.98 Å². The Balaban J connectivity index is 0.000000439. The molecule has 0 unspecified atom stereocenters. The summed E-state index contributed by atoms with van der Waals surface area (Å²) in [6.45, 7) is 14.9. The summed E-state index contributed by atoms with van der Waals surface area (Å²) >= 11 is 3.57. The molecule has 1 nitrogen and oxygen atoms in total. The summed E-state index contributed by atoms with van der Waals surface area (Å²) in [5.74, 6) is 0. The van der Waals surface area contributed by atoms with Crippen molar-refractivity contribution in [2.45, 2.75) is 60.3 Å². The maximum atomic E-state index is 4.68. The highest BCUT2D eigenvalue weighted by atomic mass is 79.9. The van der Waals surface area contributed by atoms with Gasteiger partial charge in [-0.15, -0.1) is 0 Å². The number of hydrogen-bond acceptors (Lipinski definition) is 1. The Morgan fingerprint density at radius 1 is 0.394 bits per heavy atom. The first-order valence-electron chi connectivity index (χ1n) is 23.4. The molecule has 1 aliphatic rings. The van der Waals surface area contributed by atoms with E-state index in [9.17, 15) is 0 Å². The maximum absolute atomic E-state index is 4.68. The monoisotopic (exact) mass is 919 g/mol. The van der Waals surface area contributed by atoms with Crippen molar-refractivity contribution in [3.05, 3.63) is 256 Å². The van der Waals surface area contributed by atoms with Gasteiger partial charge in [-0.1, -0.05) is 228 Å². The largest absolute Gasteiger partial charge is 0.249 e. The fraction of sp³-hybridized carbons (Fsp3) is 0.141. The first-order valence-corrected chi connectivity index (χ1v) is 24.2. The average molecular weight is 921 g/mol. The van der Waals surface area contributed by atoms with Gasteiger partial charge in [-0.2, -0.15) is 0 Å². The standard InChI is InChI=1S/C52H36BrN.C7H8.C3H8.C2H6/c1-33-14-6-11-21-45(33)52(46-22-12-7-15-34(46)2)47-23-13-10-18-39(47)40-27-25-37(31-48(40)52)50-41-19-8-9-20-42(41)51(38-26-29-49(53)54-32-38)43-28-24-36(30-44(43)50)35-16-4-3-5-17-35;1-7-5-3-2-4-6-7;1-3-2;1-2/h3-32H,1-2H3;2-6H,1H3;3H2,1-2H3;1-2H3. The normalized spacial score (nSPS) is 11.8. The molecule has 0 aliphatic heterocycles. The van der Waals surface area contributed by atoms with Crippen LogP contribution in [0.2, 0.25) is 0 Å². The van der Waals surface area contributed by atoms with Crippen LogP contribution in [0, 0.1) is 20.8 Å². The van der Waals surface area contributed by atoms with Gasteiger partial charge >= 0.3 is 0 Å². The highest BCUT2D eigenvalue weighted by Crippen LogP contribution is 2.58. The quantitative estimate of drug-likeness (QED) is 0.124. The van der Waals surface area contributed by atoms with Gasteiger partial charge in [0.1, 0.15) is 4.60 Å². The number of nitrogens with zero attached hydrogens (tertiary/aromatic N) is 1. The van der Waals surface area contributed by atoms with Crippen LogP contribution in [0.1, 0.15) is 73.1 Å². The number of hydrogen-bond donors (Lipinski definition) is 0. The Labute approximate surface area is 401 Å². The molecule has 1 aromatic heterocycles. The Bertz CT molecular complexity index is 3190. The number of aromatic nitrogens is 1. The van der Waals surface area contributed by atoms with Crippen LogP contribution in [0.5, 0.6) is 0 Å². The van der Waals surface area contributed by atoms with E-state index in [2.05, 4.69) is 238 Å². The number of benzene rings is 9. The van der Waals surface area contributed by atoms with Crippen LogP contribution in [0.25, 0.3) is 66.1 Å². The van der Waals surface area contributed by atoms with Crippen LogP contribution in [0.3, 0.4) is 0 Å². The van der Waals surface area contributed by atoms with E-state index in [0.717, 1.165) is 10.2 Å². The summed E-state index contributed by atoms with van der Waals surface area (Å²) in [7, 11) is 0. The van der Waals surface area contributed by atoms with Crippen molar-refractivity contribution in [3.63, 3.8) is 0 Å². The molecule has 1 aliphatic carbocycles. The zero-order chi connectivity index (χ0) is 46.2. The smallest absolute Gasteiger partial charge is 0.106 e. The third-order valence-corrected chi connectivity index (χ3v) is 13.0. The molecule has 10 aromatic rings. The molecule has 66 heavy (non-hydrogen) atoms. The lowest BCUT2D eigenvalue weighted by Gasteiger charge is -2.36. The van der Waals surface area contributed by atoms with Gasteiger partial charge in [0.2, 0.25) is 0 Å². The van der Waals surface area contributed by atoms with Crippen molar-refractivity contribution in [2.75, 3.05) is 0 Å². The predicted molar refractivity (Wildman–Crippen MR) is 289 cm³/mol. The van der Waals surface area contributed by atoms with E-state index >= 15 is 0 Å². The fourth-order valence-corrected chi connectivity index (χ4v) is 10.1. The van der Waals surface area contributed by atoms with Gasteiger partial charge in [0.25, 0.3) is 0 Å². The molecule has 326 valence electrons.